The summed E-state index contributed by atoms with van der Waals surface area (Å²) >= 11 is 3.11. The summed E-state index contributed by atoms with van der Waals surface area (Å²) in [6.45, 7) is 6.75. The molecule has 1 amide bonds. The van der Waals surface area contributed by atoms with Gasteiger partial charge in [0.05, 0.1) is 11.4 Å². The zero-order valence-corrected chi connectivity index (χ0v) is 14.2. The third kappa shape index (κ3) is 4.64. The van der Waals surface area contributed by atoms with E-state index in [1.165, 1.54) is 11.3 Å². The van der Waals surface area contributed by atoms with Crippen molar-refractivity contribution >= 4 is 34.4 Å². The second-order valence-electron chi connectivity index (χ2n) is 4.98. The van der Waals surface area contributed by atoms with Crippen LogP contribution in [-0.2, 0) is 11.3 Å². The summed E-state index contributed by atoms with van der Waals surface area (Å²) in [5, 5.41) is 1.99. The number of amides is 1. The molecular weight excluding hydrogens is 314 g/mol. The number of thiophene rings is 2. The second kappa shape index (κ2) is 8.06. The summed E-state index contributed by atoms with van der Waals surface area (Å²) in [5.74, 6) is 0.0380. The number of ketones is 1. The summed E-state index contributed by atoms with van der Waals surface area (Å²) in [6.07, 6.45) is 2.22. The van der Waals surface area contributed by atoms with Gasteiger partial charge in [0.15, 0.2) is 5.78 Å². The van der Waals surface area contributed by atoms with Crippen LogP contribution in [-0.4, -0.2) is 23.1 Å². The molecule has 116 valence electrons. The fourth-order valence-corrected chi connectivity index (χ4v) is 3.64. The largest absolute Gasteiger partial charge is 0.334 e. The molecule has 0 saturated heterocycles. The molecule has 2 heterocycles. The molecule has 0 aliphatic rings. The first-order chi connectivity index (χ1) is 10.6. The standard InChI is InChI=1S/C17H19NO2S2/c1-3-10-18(12-14-5-4-11-21-14)17(20)9-7-15(19)16-8-6-13(2)22-16/h3-6,8,11H,1,7,9-10,12H2,2H3. The normalized spacial score (nSPS) is 10.4. The summed E-state index contributed by atoms with van der Waals surface area (Å²) < 4.78 is 0. The molecule has 2 aromatic rings. The van der Waals surface area contributed by atoms with E-state index in [0.717, 1.165) is 14.6 Å². The Bertz CT molecular complexity index is 643. The molecule has 5 heteroatoms. The van der Waals surface area contributed by atoms with E-state index in [9.17, 15) is 9.59 Å². The predicted molar refractivity (Wildman–Crippen MR) is 92.6 cm³/mol. The van der Waals surface area contributed by atoms with E-state index in [1.807, 2.05) is 36.6 Å². The summed E-state index contributed by atoms with van der Waals surface area (Å²) in [5.41, 5.74) is 0. The van der Waals surface area contributed by atoms with Gasteiger partial charge in [0.25, 0.3) is 0 Å². The van der Waals surface area contributed by atoms with Crippen LogP contribution in [0.25, 0.3) is 0 Å². The van der Waals surface area contributed by atoms with Crippen molar-refractivity contribution < 1.29 is 9.59 Å². The average molecular weight is 333 g/mol. The summed E-state index contributed by atoms with van der Waals surface area (Å²) in [6, 6.07) is 7.74. The minimum atomic E-state index is -0.00470. The van der Waals surface area contributed by atoms with Crippen molar-refractivity contribution in [2.45, 2.75) is 26.3 Å². The number of Topliss-reactive ketones (excluding diaryl/α,β-unsaturated/α-hetero) is 1. The van der Waals surface area contributed by atoms with Gasteiger partial charge in [-0.1, -0.05) is 12.1 Å². The van der Waals surface area contributed by atoms with Crippen molar-refractivity contribution in [1.82, 2.24) is 4.90 Å². The fraction of sp³-hybridized carbons (Fsp3) is 0.294. The van der Waals surface area contributed by atoms with E-state index in [1.54, 1.807) is 22.3 Å². The molecule has 2 aromatic heterocycles. The van der Waals surface area contributed by atoms with Gasteiger partial charge in [-0.15, -0.1) is 29.3 Å². The third-order valence-electron chi connectivity index (χ3n) is 3.21. The lowest BCUT2D eigenvalue weighted by Crippen LogP contribution is -2.30. The highest BCUT2D eigenvalue weighted by Gasteiger charge is 2.16. The van der Waals surface area contributed by atoms with E-state index in [4.69, 9.17) is 0 Å². The van der Waals surface area contributed by atoms with Crippen LogP contribution < -0.4 is 0 Å². The van der Waals surface area contributed by atoms with Crippen LogP contribution in [0.1, 0.15) is 32.3 Å². The van der Waals surface area contributed by atoms with E-state index < -0.39 is 0 Å². The summed E-state index contributed by atoms with van der Waals surface area (Å²) in [7, 11) is 0. The lowest BCUT2D eigenvalue weighted by atomic mass is 10.1. The lowest BCUT2D eigenvalue weighted by Gasteiger charge is -2.20. The molecule has 0 radical (unpaired) electrons. The minimum Gasteiger partial charge on any atom is -0.334 e. The van der Waals surface area contributed by atoms with Gasteiger partial charge in [-0.3, -0.25) is 9.59 Å². The number of nitrogens with zero attached hydrogens (tertiary/aromatic N) is 1. The molecule has 0 aliphatic heterocycles. The first kappa shape index (κ1) is 16.6. The highest BCUT2D eigenvalue weighted by atomic mass is 32.1. The number of hydrogen-bond donors (Lipinski definition) is 0. The molecule has 0 atom stereocenters. The zero-order valence-electron chi connectivity index (χ0n) is 12.6. The molecule has 0 unspecified atom stereocenters. The molecule has 0 saturated carbocycles. The van der Waals surface area contributed by atoms with Crippen LogP contribution in [0.15, 0.2) is 42.3 Å². The molecule has 3 nitrogen and oxygen atoms in total. The van der Waals surface area contributed by atoms with Crippen LogP contribution in [0.5, 0.6) is 0 Å². The number of carbonyl (C=O) groups excluding carboxylic acids is 2. The predicted octanol–water partition coefficient (Wildman–Crippen LogP) is 4.30. The molecule has 0 aromatic carbocycles. The molecule has 0 spiro atoms. The molecular formula is C17H19NO2S2. The van der Waals surface area contributed by atoms with E-state index >= 15 is 0 Å². The van der Waals surface area contributed by atoms with Crippen LogP contribution in [0.4, 0.5) is 0 Å². The topological polar surface area (TPSA) is 37.4 Å². The minimum absolute atomic E-state index is 0.00470. The van der Waals surface area contributed by atoms with Gasteiger partial charge in [-0.2, -0.15) is 0 Å². The van der Waals surface area contributed by atoms with Gasteiger partial charge >= 0.3 is 0 Å². The number of carbonyl (C=O) groups is 2. The number of rotatable bonds is 8. The Kier molecular flexibility index (Phi) is 6.10. The van der Waals surface area contributed by atoms with Gasteiger partial charge in [-0.25, -0.2) is 0 Å². The smallest absolute Gasteiger partial charge is 0.223 e. The maximum atomic E-state index is 12.3. The van der Waals surface area contributed by atoms with Crippen LogP contribution in [0.2, 0.25) is 0 Å². The van der Waals surface area contributed by atoms with Crippen molar-refractivity contribution in [3.63, 3.8) is 0 Å². The maximum Gasteiger partial charge on any atom is 0.223 e. The van der Waals surface area contributed by atoms with Crippen molar-refractivity contribution in [2.75, 3.05) is 6.54 Å². The summed E-state index contributed by atoms with van der Waals surface area (Å²) in [4.78, 5) is 29.1. The molecule has 0 fully saturated rings. The molecule has 0 aliphatic carbocycles. The van der Waals surface area contributed by atoms with Crippen molar-refractivity contribution in [1.29, 1.82) is 0 Å². The van der Waals surface area contributed by atoms with Gasteiger partial charge in [0, 0.05) is 29.1 Å². The van der Waals surface area contributed by atoms with Gasteiger partial charge in [0.1, 0.15) is 0 Å². The Hall–Kier alpha value is -1.72. The monoisotopic (exact) mass is 333 g/mol. The first-order valence-electron chi connectivity index (χ1n) is 7.11. The Morgan fingerprint density at radius 1 is 1.27 bits per heavy atom. The van der Waals surface area contributed by atoms with Crippen molar-refractivity contribution in [3.05, 3.63) is 56.9 Å². The van der Waals surface area contributed by atoms with E-state index in [2.05, 4.69) is 6.58 Å². The molecule has 2 rings (SSSR count). The number of hydrogen-bond acceptors (Lipinski definition) is 4. The maximum absolute atomic E-state index is 12.3. The quantitative estimate of drug-likeness (QED) is 0.534. The SMILES string of the molecule is C=CCN(Cc1cccs1)C(=O)CCC(=O)c1ccc(C)s1. The Morgan fingerprint density at radius 3 is 2.68 bits per heavy atom. The van der Waals surface area contributed by atoms with Crippen LogP contribution in [0.3, 0.4) is 0 Å². The van der Waals surface area contributed by atoms with Crippen LogP contribution in [0, 0.1) is 6.92 Å². The van der Waals surface area contributed by atoms with Crippen LogP contribution >= 0.6 is 22.7 Å². The third-order valence-corrected chi connectivity index (χ3v) is 5.11. The van der Waals surface area contributed by atoms with Crippen molar-refractivity contribution in [2.24, 2.45) is 0 Å². The Labute approximate surface area is 138 Å². The highest BCUT2D eigenvalue weighted by molar-refractivity contribution is 7.14. The van der Waals surface area contributed by atoms with E-state index in [-0.39, 0.29) is 24.5 Å². The lowest BCUT2D eigenvalue weighted by molar-refractivity contribution is -0.131. The first-order valence-corrected chi connectivity index (χ1v) is 8.80. The average Bonchev–Trinajstić information content (AvgIpc) is 3.15. The zero-order chi connectivity index (χ0) is 15.9. The van der Waals surface area contributed by atoms with Gasteiger partial charge in [0.2, 0.25) is 5.91 Å². The van der Waals surface area contributed by atoms with Crippen molar-refractivity contribution in [3.8, 4) is 0 Å². The second-order valence-corrected chi connectivity index (χ2v) is 7.30. The molecule has 0 bridgehead atoms. The number of aryl methyl sites for hydroxylation is 1. The van der Waals surface area contributed by atoms with E-state index in [0.29, 0.717) is 13.1 Å². The Morgan fingerprint density at radius 2 is 2.09 bits per heavy atom. The fourth-order valence-electron chi connectivity index (χ4n) is 2.09. The van der Waals surface area contributed by atoms with Gasteiger partial charge < -0.3 is 4.90 Å². The Balaban J connectivity index is 1.90. The van der Waals surface area contributed by atoms with Gasteiger partial charge in [-0.05, 0) is 30.5 Å². The highest BCUT2D eigenvalue weighted by Crippen LogP contribution is 2.18. The molecule has 0 N–H and O–H groups in total. The molecule has 22 heavy (non-hydrogen) atoms.